The van der Waals surface area contributed by atoms with E-state index in [1.54, 1.807) is 30.1 Å². The zero-order chi connectivity index (χ0) is 23.7. The number of halogens is 1. The van der Waals surface area contributed by atoms with E-state index >= 15 is 0 Å². The highest BCUT2D eigenvalue weighted by Gasteiger charge is 2.28. The zero-order valence-electron chi connectivity index (χ0n) is 18.6. The Balaban J connectivity index is 1.20. The Morgan fingerprint density at radius 3 is 3.06 bits per heavy atom. The smallest absolute Gasteiger partial charge is 0.288 e. The summed E-state index contributed by atoms with van der Waals surface area (Å²) < 4.78 is 31.8. The molecular weight excluding hydrogens is 463 g/mol. The molecule has 5 heterocycles. The van der Waals surface area contributed by atoms with Gasteiger partial charge in [-0.05, 0) is 31.0 Å². The summed E-state index contributed by atoms with van der Waals surface area (Å²) in [6, 6.07) is 6.50. The molecule has 0 spiro atoms. The van der Waals surface area contributed by atoms with Crippen LogP contribution in [-0.4, -0.2) is 57.5 Å². The summed E-state index contributed by atoms with van der Waals surface area (Å²) in [5, 5.41) is 14.7. The standard InChI is InChI=1S/C23H25FN4O5S/c1-31-21-5-2-13-6-16(24)23(30)28(22(13)27-21)10-17(29)18-4-3-14(11-32-18)25-8-15-7-20-19(9-26-15)33-12-34-20/h2,5-7,9,14,17-18,25,29H,3-4,8,10-12H2,1H3/t14-,17+,18?/m1/s1. The number of pyridine rings is 3. The summed E-state index contributed by atoms with van der Waals surface area (Å²) in [5.74, 6) is 0.847. The number of aliphatic hydroxyl groups excluding tert-OH is 1. The Labute approximate surface area is 199 Å². The van der Waals surface area contributed by atoms with Gasteiger partial charge in [0.25, 0.3) is 5.56 Å². The average Bonchev–Trinajstić information content (AvgIpc) is 3.33. The molecule has 3 aromatic heterocycles. The molecule has 0 saturated carbocycles. The zero-order valence-corrected chi connectivity index (χ0v) is 19.4. The van der Waals surface area contributed by atoms with Crippen LogP contribution in [0.4, 0.5) is 4.39 Å². The maximum absolute atomic E-state index is 14.2. The van der Waals surface area contributed by atoms with E-state index in [-0.39, 0.29) is 18.2 Å². The molecule has 9 nitrogen and oxygen atoms in total. The number of aliphatic hydroxyl groups is 1. The van der Waals surface area contributed by atoms with Gasteiger partial charge in [-0.15, -0.1) is 0 Å². The summed E-state index contributed by atoms with van der Waals surface area (Å²) >= 11 is 1.65. The van der Waals surface area contributed by atoms with Crippen molar-refractivity contribution in [2.45, 2.75) is 49.1 Å². The second kappa shape index (κ2) is 9.87. The van der Waals surface area contributed by atoms with Gasteiger partial charge in [-0.25, -0.2) is 4.39 Å². The lowest BCUT2D eigenvalue weighted by atomic mass is 10.0. The second-order valence-electron chi connectivity index (χ2n) is 8.30. The van der Waals surface area contributed by atoms with E-state index in [2.05, 4.69) is 15.3 Å². The van der Waals surface area contributed by atoms with Gasteiger partial charge in [0, 0.05) is 24.0 Å². The van der Waals surface area contributed by atoms with Gasteiger partial charge in [0.2, 0.25) is 5.88 Å². The molecule has 180 valence electrons. The first-order chi connectivity index (χ1) is 16.5. The van der Waals surface area contributed by atoms with Gasteiger partial charge in [-0.3, -0.25) is 14.3 Å². The van der Waals surface area contributed by atoms with Gasteiger partial charge in [-0.1, -0.05) is 11.8 Å². The molecule has 34 heavy (non-hydrogen) atoms. The number of ether oxygens (including phenoxy) is 3. The van der Waals surface area contributed by atoms with Gasteiger partial charge < -0.3 is 24.6 Å². The van der Waals surface area contributed by atoms with Crippen LogP contribution in [0, 0.1) is 5.82 Å². The van der Waals surface area contributed by atoms with Gasteiger partial charge in [0.1, 0.15) is 11.6 Å². The Morgan fingerprint density at radius 2 is 2.26 bits per heavy atom. The van der Waals surface area contributed by atoms with Crippen molar-refractivity contribution in [3.8, 4) is 11.6 Å². The van der Waals surface area contributed by atoms with E-state index in [9.17, 15) is 14.3 Å². The molecule has 0 aliphatic carbocycles. The summed E-state index contributed by atoms with van der Waals surface area (Å²) in [5.41, 5.74) is 0.345. The molecular formula is C23H25FN4O5S. The second-order valence-corrected chi connectivity index (χ2v) is 9.26. The van der Waals surface area contributed by atoms with Crippen LogP contribution in [0.15, 0.2) is 40.2 Å². The predicted octanol–water partition coefficient (Wildman–Crippen LogP) is 2.08. The first kappa shape index (κ1) is 23.0. The third kappa shape index (κ3) is 4.74. The third-order valence-electron chi connectivity index (χ3n) is 6.08. The number of methoxy groups -OCH3 is 1. The quantitative estimate of drug-likeness (QED) is 0.517. The topological polar surface area (TPSA) is 108 Å². The maximum atomic E-state index is 14.2. The van der Waals surface area contributed by atoms with Crippen molar-refractivity contribution < 1.29 is 23.7 Å². The summed E-state index contributed by atoms with van der Waals surface area (Å²) in [7, 11) is 1.46. The molecule has 0 radical (unpaired) electrons. The molecule has 2 aliphatic heterocycles. The molecule has 0 aromatic carbocycles. The van der Waals surface area contributed by atoms with Crippen LogP contribution in [0.1, 0.15) is 18.5 Å². The molecule has 1 unspecified atom stereocenters. The molecule has 3 aromatic rings. The van der Waals surface area contributed by atoms with Crippen LogP contribution in [0.5, 0.6) is 11.6 Å². The van der Waals surface area contributed by atoms with E-state index in [0.717, 1.165) is 33.4 Å². The Kier molecular flexibility index (Phi) is 6.68. The molecule has 5 rings (SSSR count). The SMILES string of the molecule is COc1ccc2cc(F)c(=O)n(C[C@H](O)C3CC[C@@H](NCc4cc5c(cn4)OCS5)CO3)c2n1. The van der Waals surface area contributed by atoms with Gasteiger partial charge in [0.05, 0.1) is 49.3 Å². The fourth-order valence-electron chi connectivity index (χ4n) is 4.21. The molecule has 2 N–H and O–H groups in total. The minimum atomic E-state index is -0.993. The number of hydrogen-bond donors (Lipinski definition) is 2. The normalized spacial score (nSPS) is 20.7. The largest absolute Gasteiger partial charge is 0.481 e. The van der Waals surface area contributed by atoms with E-state index < -0.39 is 23.6 Å². The molecule has 1 saturated heterocycles. The van der Waals surface area contributed by atoms with Crippen molar-refractivity contribution in [3.63, 3.8) is 0 Å². The lowest BCUT2D eigenvalue weighted by Crippen LogP contribution is -2.45. The molecule has 0 amide bonds. The van der Waals surface area contributed by atoms with Gasteiger partial charge in [-0.2, -0.15) is 4.98 Å². The first-order valence-corrected chi connectivity index (χ1v) is 12.0. The van der Waals surface area contributed by atoms with Crippen molar-refractivity contribution in [2.24, 2.45) is 0 Å². The van der Waals surface area contributed by atoms with Gasteiger partial charge in [0.15, 0.2) is 11.6 Å². The highest BCUT2D eigenvalue weighted by molar-refractivity contribution is 7.99. The van der Waals surface area contributed by atoms with Crippen LogP contribution in [-0.2, 0) is 17.8 Å². The minimum absolute atomic E-state index is 0.117. The van der Waals surface area contributed by atoms with Crippen molar-refractivity contribution in [1.82, 2.24) is 19.9 Å². The lowest BCUT2D eigenvalue weighted by Gasteiger charge is -2.32. The molecule has 11 heteroatoms. The Bertz CT molecular complexity index is 1250. The van der Waals surface area contributed by atoms with Crippen LogP contribution in [0.2, 0.25) is 0 Å². The Hall–Kier alpha value is -2.73. The maximum Gasteiger partial charge on any atom is 0.288 e. The van der Waals surface area contributed by atoms with E-state index in [1.165, 1.54) is 7.11 Å². The number of nitrogens with one attached hydrogen (secondary N) is 1. The molecule has 3 atom stereocenters. The van der Waals surface area contributed by atoms with Crippen molar-refractivity contribution in [2.75, 3.05) is 19.7 Å². The number of fused-ring (bicyclic) bond motifs is 2. The van der Waals surface area contributed by atoms with Crippen LogP contribution < -0.4 is 20.3 Å². The summed E-state index contributed by atoms with van der Waals surface area (Å²) in [6.45, 7) is 0.886. The number of thioether (sulfide) groups is 1. The summed E-state index contributed by atoms with van der Waals surface area (Å²) in [4.78, 5) is 22.3. The van der Waals surface area contributed by atoms with Crippen molar-refractivity contribution in [1.29, 1.82) is 0 Å². The van der Waals surface area contributed by atoms with Crippen molar-refractivity contribution >= 4 is 22.8 Å². The summed E-state index contributed by atoms with van der Waals surface area (Å²) in [6.07, 6.45) is 1.67. The predicted molar refractivity (Wildman–Crippen MR) is 124 cm³/mol. The van der Waals surface area contributed by atoms with Crippen LogP contribution >= 0.6 is 11.8 Å². The van der Waals surface area contributed by atoms with Crippen molar-refractivity contribution in [3.05, 3.63) is 52.3 Å². The lowest BCUT2D eigenvalue weighted by molar-refractivity contribution is -0.0772. The monoisotopic (exact) mass is 488 g/mol. The molecule has 0 bridgehead atoms. The Morgan fingerprint density at radius 1 is 1.38 bits per heavy atom. The fraction of sp³-hybridized carbons (Fsp3) is 0.435. The number of nitrogens with zero attached hydrogens (tertiary/aromatic N) is 3. The van der Waals surface area contributed by atoms with Crippen LogP contribution in [0.25, 0.3) is 11.0 Å². The van der Waals surface area contributed by atoms with E-state index in [1.807, 2.05) is 6.07 Å². The third-order valence-corrected chi connectivity index (χ3v) is 6.94. The van der Waals surface area contributed by atoms with Gasteiger partial charge >= 0.3 is 0 Å². The van der Waals surface area contributed by atoms with E-state index in [0.29, 0.717) is 36.8 Å². The number of rotatable bonds is 7. The highest BCUT2D eigenvalue weighted by Crippen LogP contribution is 2.35. The molecule has 2 aliphatic rings. The highest BCUT2D eigenvalue weighted by atomic mass is 32.2. The average molecular weight is 489 g/mol. The first-order valence-electron chi connectivity index (χ1n) is 11.0. The number of aromatic nitrogens is 3. The fourth-order valence-corrected chi connectivity index (χ4v) is 4.99. The number of hydrogen-bond acceptors (Lipinski definition) is 9. The molecule has 1 fully saturated rings. The van der Waals surface area contributed by atoms with E-state index in [4.69, 9.17) is 14.2 Å². The minimum Gasteiger partial charge on any atom is -0.481 e. The van der Waals surface area contributed by atoms with Crippen LogP contribution in [0.3, 0.4) is 0 Å².